The molecular formula is C21H30O3. The highest BCUT2D eigenvalue weighted by atomic mass is 16.3. The van der Waals surface area contributed by atoms with Gasteiger partial charge in [0.25, 0.3) is 0 Å². The lowest BCUT2D eigenvalue weighted by atomic mass is 9.45. The van der Waals surface area contributed by atoms with Crippen LogP contribution in [0, 0.1) is 22.7 Å². The van der Waals surface area contributed by atoms with Crippen molar-refractivity contribution in [3.63, 3.8) is 0 Å². The highest BCUT2D eigenvalue weighted by Gasteiger charge is 2.64. The summed E-state index contributed by atoms with van der Waals surface area (Å²) in [6.45, 7) is 6.14. The number of carbonyl (C=O) groups excluding carboxylic acids is 1. The second-order valence-corrected chi connectivity index (χ2v) is 9.16. The minimum absolute atomic E-state index is 0.0708. The molecule has 0 aromatic carbocycles. The third kappa shape index (κ3) is 1.89. The van der Waals surface area contributed by atoms with Crippen LogP contribution in [0.4, 0.5) is 0 Å². The van der Waals surface area contributed by atoms with Gasteiger partial charge in [0, 0.05) is 5.41 Å². The highest BCUT2D eigenvalue weighted by Crippen LogP contribution is 2.66. The summed E-state index contributed by atoms with van der Waals surface area (Å²) in [4.78, 5) is 12.1. The zero-order valence-corrected chi connectivity index (χ0v) is 15.1. The first kappa shape index (κ1) is 16.5. The summed E-state index contributed by atoms with van der Waals surface area (Å²) in [5.74, 6) is 0.773. The van der Waals surface area contributed by atoms with Crippen LogP contribution in [-0.2, 0) is 4.79 Å². The molecule has 0 heterocycles. The summed E-state index contributed by atoms with van der Waals surface area (Å²) in [5.41, 5.74) is 1.28. The largest absolute Gasteiger partial charge is 0.393 e. The maximum Gasteiger partial charge on any atom is 0.156 e. The third-order valence-corrected chi connectivity index (χ3v) is 8.23. The molecule has 6 atom stereocenters. The van der Waals surface area contributed by atoms with Crippen molar-refractivity contribution < 1.29 is 15.0 Å². The molecule has 0 aliphatic heterocycles. The van der Waals surface area contributed by atoms with E-state index in [-0.39, 0.29) is 28.6 Å². The Morgan fingerprint density at radius 2 is 1.83 bits per heavy atom. The predicted octanol–water partition coefficient (Wildman–Crippen LogP) is 3.55. The van der Waals surface area contributed by atoms with E-state index < -0.39 is 5.60 Å². The SMILES string of the molecule is CC(=O)C1=CC[C@H]2[C@@H]3CC=C4C[C@@H](O)CC[C@]4(C)[C@@]3(O)CC[C@]12C. The number of carbonyl (C=O) groups is 1. The molecule has 3 heteroatoms. The number of allylic oxidation sites excluding steroid dienone is 3. The van der Waals surface area contributed by atoms with Gasteiger partial charge in [-0.15, -0.1) is 0 Å². The zero-order chi connectivity index (χ0) is 17.3. The van der Waals surface area contributed by atoms with Gasteiger partial charge in [-0.25, -0.2) is 0 Å². The van der Waals surface area contributed by atoms with Gasteiger partial charge in [0.05, 0.1) is 11.7 Å². The van der Waals surface area contributed by atoms with E-state index in [1.807, 2.05) is 0 Å². The van der Waals surface area contributed by atoms with Crippen LogP contribution in [0.3, 0.4) is 0 Å². The Hall–Kier alpha value is -0.930. The van der Waals surface area contributed by atoms with Crippen molar-refractivity contribution in [3.05, 3.63) is 23.3 Å². The van der Waals surface area contributed by atoms with Crippen molar-refractivity contribution in [1.29, 1.82) is 0 Å². The molecule has 0 bridgehead atoms. The minimum atomic E-state index is -0.693. The third-order valence-electron chi connectivity index (χ3n) is 8.23. The Morgan fingerprint density at radius 1 is 1.12 bits per heavy atom. The topological polar surface area (TPSA) is 57.5 Å². The molecule has 4 aliphatic carbocycles. The van der Waals surface area contributed by atoms with Crippen molar-refractivity contribution in [3.8, 4) is 0 Å². The van der Waals surface area contributed by atoms with Gasteiger partial charge < -0.3 is 10.2 Å². The van der Waals surface area contributed by atoms with Gasteiger partial charge in [0.15, 0.2) is 5.78 Å². The van der Waals surface area contributed by atoms with Crippen LogP contribution in [-0.4, -0.2) is 27.7 Å². The maximum atomic E-state index is 12.1. The van der Waals surface area contributed by atoms with Gasteiger partial charge in [-0.2, -0.15) is 0 Å². The van der Waals surface area contributed by atoms with E-state index in [1.165, 1.54) is 5.57 Å². The Morgan fingerprint density at radius 3 is 2.54 bits per heavy atom. The van der Waals surface area contributed by atoms with Crippen molar-refractivity contribution in [1.82, 2.24) is 0 Å². The molecule has 0 aromatic heterocycles. The summed E-state index contributed by atoms with van der Waals surface area (Å²) in [7, 11) is 0. The van der Waals surface area contributed by atoms with Crippen LogP contribution in [0.5, 0.6) is 0 Å². The van der Waals surface area contributed by atoms with Gasteiger partial charge >= 0.3 is 0 Å². The minimum Gasteiger partial charge on any atom is -0.393 e. The Bertz CT molecular complexity index is 647. The standard InChI is InChI=1S/C21H30O3/c1-13(22)16-6-7-17-18-5-4-14-12-15(23)8-9-20(14,3)21(18,24)11-10-19(16,17)2/h4,6,15,17-18,23-24H,5,7-12H2,1-3H3/t15-,17-,18-,19+,20-,21+/m0/s1. The van der Waals surface area contributed by atoms with Crippen molar-refractivity contribution in [2.24, 2.45) is 22.7 Å². The number of aliphatic hydroxyl groups excluding tert-OH is 1. The molecule has 2 N–H and O–H groups in total. The van der Waals surface area contributed by atoms with Crippen LogP contribution in [0.25, 0.3) is 0 Å². The molecule has 4 rings (SSSR count). The van der Waals surface area contributed by atoms with E-state index >= 15 is 0 Å². The number of rotatable bonds is 1. The molecule has 0 amide bonds. The Kier molecular flexibility index (Phi) is 3.48. The summed E-state index contributed by atoms with van der Waals surface area (Å²) in [5, 5.41) is 21.9. The van der Waals surface area contributed by atoms with E-state index in [2.05, 4.69) is 26.0 Å². The molecule has 0 unspecified atom stereocenters. The molecule has 0 radical (unpaired) electrons. The van der Waals surface area contributed by atoms with Crippen LogP contribution < -0.4 is 0 Å². The van der Waals surface area contributed by atoms with Crippen LogP contribution in [0.2, 0.25) is 0 Å². The normalized spacial score (nSPS) is 50.3. The summed E-state index contributed by atoms with van der Waals surface area (Å²) in [6, 6.07) is 0. The number of hydrogen-bond donors (Lipinski definition) is 2. The van der Waals surface area contributed by atoms with E-state index in [1.54, 1.807) is 6.92 Å². The molecule has 0 spiro atoms. The fraction of sp³-hybridized carbons (Fsp3) is 0.762. The monoisotopic (exact) mass is 330 g/mol. The molecule has 132 valence electrons. The van der Waals surface area contributed by atoms with Crippen LogP contribution in [0.15, 0.2) is 23.3 Å². The molecule has 3 nitrogen and oxygen atoms in total. The average Bonchev–Trinajstić information content (AvgIpc) is 2.87. The molecule has 24 heavy (non-hydrogen) atoms. The van der Waals surface area contributed by atoms with Gasteiger partial charge in [0.2, 0.25) is 0 Å². The van der Waals surface area contributed by atoms with E-state index in [4.69, 9.17) is 0 Å². The first-order valence-corrected chi connectivity index (χ1v) is 9.54. The van der Waals surface area contributed by atoms with Crippen molar-refractivity contribution in [2.45, 2.75) is 77.4 Å². The maximum absolute atomic E-state index is 12.1. The van der Waals surface area contributed by atoms with Crippen molar-refractivity contribution in [2.75, 3.05) is 0 Å². The first-order valence-electron chi connectivity index (χ1n) is 9.54. The highest BCUT2D eigenvalue weighted by molar-refractivity contribution is 5.95. The van der Waals surface area contributed by atoms with Gasteiger partial charge in [-0.1, -0.05) is 31.6 Å². The number of hydrogen-bond acceptors (Lipinski definition) is 3. The second-order valence-electron chi connectivity index (χ2n) is 9.16. The molecule has 0 aromatic rings. The molecule has 0 saturated heterocycles. The fourth-order valence-electron chi connectivity index (χ4n) is 6.69. The average molecular weight is 330 g/mol. The second kappa shape index (κ2) is 5.04. The Balaban J connectivity index is 1.73. The van der Waals surface area contributed by atoms with E-state index in [0.29, 0.717) is 12.3 Å². The number of Topliss-reactive ketones (excluding diaryl/α,β-unsaturated/α-hetero) is 1. The summed E-state index contributed by atoms with van der Waals surface area (Å²) >= 11 is 0. The molecule has 4 aliphatic rings. The lowest BCUT2D eigenvalue weighted by Gasteiger charge is -2.62. The van der Waals surface area contributed by atoms with E-state index in [0.717, 1.165) is 44.1 Å². The van der Waals surface area contributed by atoms with E-state index in [9.17, 15) is 15.0 Å². The van der Waals surface area contributed by atoms with Crippen LogP contribution in [0.1, 0.15) is 65.7 Å². The molecule has 2 saturated carbocycles. The zero-order valence-electron chi connectivity index (χ0n) is 15.1. The number of fused-ring (bicyclic) bond motifs is 5. The predicted molar refractivity (Wildman–Crippen MR) is 93.3 cm³/mol. The number of aliphatic hydroxyl groups is 2. The smallest absolute Gasteiger partial charge is 0.156 e. The van der Waals surface area contributed by atoms with Gasteiger partial charge in [0.1, 0.15) is 0 Å². The fourth-order valence-corrected chi connectivity index (χ4v) is 6.69. The van der Waals surface area contributed by atoms with Crippen molar-refractivity contribution >= 4 is 5.78 Å². The summed E-state index contributed by atoms with van der Waals surface area (Å²) < 4.78 is 0. The Labute approximate surface area is 144 Å². The lowest BCUT2D eigenvalue weighted by Crippen LogP contribution is -2.62. The van der Waals surface area contributed by atoms with Crippen LogP contribution >= 0.6 is 0 Å². The summed E-state index contributed by atoms with van der Waals surface area (Å²) in [6.07, 6.45) is 10.0. The molecule has 2 fully saturated rings. The molecular weight excluding hydrogens is 300 g/mol. The quantitative estimate of drug-likeness (QED) is 0.723. The van der Waals surface area contributed by atoms with Gasteiger partial charge in [-0.05, 0) is 74.7 Å². The first-order chi connectivity index (χ1) is 11.2. The van der Waals surface area contributed by atoms with Gasteiger partial charge in [-0.3, -0.25) is 4.79 Å². The number of ketones is 1. The lowest BCUT2D eigenvalue weighted by molar-refractivity contribution is -0.181.